The van der Waals surface area contributed by atoms with E-state index in [0.29, 0.717) is 12.1 Å². The van der Waals surface area contributed by atoms with Gasteiger partial charge in [-0.25, -0.2) is 0 Å². The summed E-state index contributed by atoms with van der Waals surface area (Å²) >= 11 is 0. The van der Waals surface area contributed by atoms with E-state index in [1.54, 1.807) is 0 Å². The maximum Gasteiger partial charge on any atom is 0.0424 e. The summed E-state index contributed by atoms with van der Waals surface area (Å²) in [6.45, 7) is 9.80. The van der Waals surface area contributed by atoms with Gasteiger partial charge in [-0.2, -0.15) is 0 Å². The van der Waals surface area contributed by atoms with Gasteiger partial charge in [-0.3, -0.25) is 4.90 Å². The van der Waals surface area contributed by atoms with E-state index in [1.165, 1.54) is 5.56 Å². The number of nitrogens with two attached hydrogens (primary N) is 1. The summed E-state index contributed by atoms with van der Waals surface area (Å²) in [6, 6.07) is 11.5. The summed E-state index contributed by atoms with van der Waals surface area (Å²) in [5.41, 5.74) is 7.45. The fourth-order valence-corrected chi connectivity index (χ4v) is 2.05. The molecule has 1 rings (SSSR count). The topological polar surface area (TPSA) is 29.3 Å². The summed E-state index contributed by atoms with van der Waals surface area (Å²) in [7, 11) is 0. The lowest BCUT2D eigenvalue weighted by atomic mass is 10.1. The Kier molecular flexibility index (Phi) is 4.97. The molecule has 0 saturated carbocycles. The Morgan fingerprint density at radius 2 is 1.50 bits per heavy atom. The molecule has 0 aliphatic carbocycles. The van der Waals surface area contributed by atoms with Gasteiger partial charge in [-0.1, -0.05) is 30.3 Å². The minimum absolute atomic E-state index is 0.103. The number of benzene rings is 1. The van der Waals surface area contributed by atoms with Gasteiger partial charge in [0.1, 0.15) is 0 Å². The minimum Gasteiger partial charge on any atom is -0.323 e. The van der Waals surface area contributed by atoms with E-state index in [1.807, 2.05) is 18.2 Å². The predicted octanol–water partition coefficient (Wildman–Crippen LogP) is 2.81. The molecule has 0 aliphatic rings. The summed E-state index contributed by atoms with van der Waals surface area (Å²) in [6.07, 6.45) is 0. The van der Waals surface area contributed by atoms with Gasteiger partial charge in [0.15, 0.2) is 0 Å². The van der Waals surface area contributed by atoms with Crippen molar-refractivity contribution < 1.29 is 0 Å². The van der Waals surface area contributed by atoms with Crippen LogP contribution >= 0.6 is 0 Å². The Morgan fingerprint density at radius 1 is 1.00 bits per heavy atom. The average Bonchev–Trinajstić information content (AvgIpc) is 2.25. The van der Waals surface area contributed by atoms with Gasteiger partial charge in [0.25, 0.3) is 0 Å². The second kappa shape index (κ2) is 6.02. The van der Waals surface area contributed by atoms with E-state index in [9.17, 15) is 0 Å². The zero-order chi connectivity index (χ0) is 12.1. The largest absolute Gasteiger partial charge is 0.323 e. The first-order valence-corrected chi connectivity index (χ1v) is 6.08. The van der Waals surface area contributed by atoms with E-state index in [2.05, 4.69) is 44.7 Å². The van der Waals surface area contributed by atoms with Crippen LogP contribution in [0.15, 0.2) is 30.3 Å². The van der Waals surface area contributed by atoms with Crippen molar-refractivity contribution in [3.63, 3.8) is 0 Å². The summed E-state index contributed by atoms with van der Waals surface area (Å²) < 4.78 is 0. The number of nitrogens with zero attached hydrogens (tertiary/aromatic N) is 1. The molecule has 0 unspecified atom stereocenters. The van der Waals surface area contributed by atoms with Crippen molar-refractivity contribution in [3.8, 4) is 0 Å². The molecule has 0 aliphatic heterocycles. The third-order valence-electron chi connectivity index (χ3n) is 2.96. The molecule has 0 saturated heterocycles. The first-order valence-electron chi connectivity index (χ1n) is 6.08. The highest BCUT2D eigenvalue weighted by atomic mass is 15.2. The predicted molar refractivity (Wildman–Crippen MR) is 70.3 cm³/mol. The first-order chi connectivity index (χ1) is 7.52. The first kappa shape index (κ1) is 13.2. The lowest BCUT2D eigenvalue weighted by Crippen LogP contribution is -2.41. The van der Waals surface area contributed by atoms with Gasteiger partial charge in [-0.05, 0) is 33.3 Å². The van der Waals surface area contributed by atoms with Crippen molar-refractivity contribution in [3.05, 3.63) is 35.9 Å². The maximum atomic E-state index is 6.23. The SMILES string of the molecule is CC(C)N(C[C@@H](N)c1ccccc1)C(C)C. The zero-order valence-electron chi connectivity index (χ0n) is 10.9. The van der Waals surface area contributed by atoms with Crippen molar-refractivity contribution >= 4 is 0 Å². The minimum atomic E-state index is 0.103. The van der Waals surface area contributed by atoms with Crippen LogP contribution in [0.3, 0.4) is 0 Å². The highest BCUT2D eigenvalue weighted by Crippen LogP contribution is 2.14. The number of hydrogen-bond acceptors (Lipinski definition) is 2. The molecule has 0 radical (unpaired) electrons. The molecular weight excluding hydrogens is 196 g/mol. The van der Waals surface area contributed by atoms with E-state index >= 15 is 0 Å². The molecule has 0 fully saturated rings. The zero-order valence-corrected chi connectivity index (χ0v) is 10.9. The molecule has 0 aromatic heterocycles. The van der Waals surface area contributed by atoms with Crippen LogP contribution in [0, 0.1) is 0 Å². The normalized spacial score (nSPS) is 13.8. The highest BCUT2D eigenvalue weighted by Gasteiger charge is 2.17. The molecular formula is C14H24N2. The van der Waals surface area contributed by atoms with Gasteiger partial charge >= 0.3 is 0 Å². The fourth-order valence-electron chi connectivity index (χ4n) is 2.05. The smallest absolute Gasteiger partial charge is 0.0424 e. The Hall–Kier alpha value is -0.860. The Bertz CT molecular complexity index is 285. The van der Waals surface area contributed by atoms with Crippen LogP contribution in [0.25, 0.3) is 0 Å². The van der Waals surface area contributed by atoms with Crippen LogP contribution in [-0.4, -0.2) is 23.5 Å². The molecule has 0 amide bonds. The van der Waals surface area contributed by atoms with Crippen molar-refractivity contribution in [2.24, 2.45) is 5.73 Å². The van der Waals surface area contributed by atoms with E-state index in [0.717, 1.165) is 6.54 Å². The summed E-state index contributed by atoms with van der Waals surface area (Å²) in [5, 5.41) is 0. The molecule has 2 nitrogen and oxygen atoms in total. The Labute approximate surface area is 99.5 Å². The third kappa shape index (κ3) is 3.62. The lowest BCUT2D eigenvalue weighted by Gasteiger charge is -2.32. The standard InChI is InChI=1S/C14H24N2/c1-11(2)16(12(3)4)10-14(15)13-8-6-5-7-9-13/h5-9,11-12,14H,10,15H2,1-4H3/t14-/m1/s1. The quantitative estimate of drug-likeness (QED) is 0.826. The monoisotopic (exact) mass is 220 g/mol. The van der Waals surface area contributed by atoms with Gasteiger partial charge < -0.3 is 5.73 Å². The van der Waals surface area contributed by atoms with E-state index in [4.69, 9.17) is 5.73 Å². The molecule has 2 N–H and O–H groups in total. The number of hydrogen-bond donors (Lipinski definition) is 1. The molecule has 2 heteroatoms. The second-order valence-corrected chi connectivity index (χ2v) is 4.90. The van der Waals surface area contributed by atoms with Crippen molar-refractivity contribution in [2.45, 2.75) is 45.8 Å². The Morgan fingerprint density at radius 3 is 1.94 bits per heavy atom. The molecule has 90 valence electrons. The molecule has 1 atom stereocenters. The Balaban J connectivity index is 2.65. The van der Waals surface area contributed by atoms with Crippen molar-refractivity contribution in [1.82, 2.24) is 4.90 Å². The molecule has 0 heterocycles. The van der Waals surface area contributed by atoms with Crippen molar-refractivity contribution in [1.29, 1.82) is 0 Å². The molecule has 0 spiro atoms. The number of rotatable bonds is 5. The molecule has 0 bridgehead atoms. The van der Waals surface area contributed by atoms with Crippen LogP contribution in [0.4, 0.5) is 0 Å². The summed E-state index contributed by atoms with van der Waals surface area (Å²) in [4.78, 5) is 2.43. The van der Waals surface area contributed by atoms with Gasteiger partial charge in [0.2, 0.25) is 0 Å². The van der Waals surface area contributed by atoms with Gasteiger partial charge in [-0.15, -0.1) is 0 Å². The maximum absolute atomic E-state index is 6.23. The third-order valence-corrected chi connectivity index (χ3v) is 2.96. The molecule has 1 aromatic carbocycles. The summed E-state index contributed by atoms with van der Waals surface area (Å²) in [5.74, 6) is 0. The van der Waals surface area contributed by atoms with Crippen LogP contribution in [-0.2, 0) is 0 Å². The van der Waals surface area contributed by atoms with Gasteiger partial charge in [0.05, 0.1) is 0 Å². The van der Waals surface area contributed by atoms with Crippen LogP contribution < -0.4 is 5.73 Å². The van der Waals surface area contributed by atoms with E-state index in [-0.39, 0.29) is 6.04 Å². The lowest BCUT2D eigenvalue weighted by molar-refractivity contribution is 0.164. The molecule has 1 aromatic rings. The fraction of sp³-hybridized carbons (Fsp3) is 0.571. The van der Waals surface area contributed by atoms with Crippen LogP contribution in [0.1, 0.15) is 39.3 Å². The van der Waals surface area contributed by atoms with Gasteiger partial charge in [0, 0.05) is 24.7 Å². The van der Waals surface area contributed by atoms with E-state index < -0.39 is 0 Å². The highest BCUT2D eigenvalue weighted by molar-refractivity contribution is 5.18. The average molecular weight is 220 g/mol. The van der Waals surface area contributed by atoms with Crippen LogP contribution in [0.5, 0.6) is 0 Å². The van der Waals surface area contributed by atoms with Crippen molar-refractivity contribution in [2.75, 3.05) is 6.54 Å². The second-order valence-electron chi connectivity index (χ2n) is 4.90. The molecule has 16 heavy (non-hydrogen) atoms. The van der Waals surface area contributed by atoms with Crippen LogP contribution in [0.2, 0.25) is 0 Å².